The third kappa shape index (κ3) is 4.06. The van der Waals surface area contributed by atoms with E-state index in [0.717, 1.165) is 48.9 Å². The van der Waals surface area contributed by atoms with Gasteiger partial charge in [-0.05, 0) is 31.7 Å². The Morgan fingerprint density at radius 2 is 2.14 bits per heavy atom. The van der Waals surface area contributed by atoms with Gasteiger partial charge in [-0.15, -0.1) is 0 Å². The Labute approximate surface area is 136 Å². The van der Waals surface area contributed by atoms with Crippen LogP contribution in [0.25, 0.3) is 0 Å². The molecular formula is C16H24N4OS. The van der Waals surface area contributed by atoms with Crippen molar-refractivity contribution in [3.05, 3.63) is 23.9 Å². The highest BCUT2D eigenvalue weighted by molar-refractivity contribution is 7.99. The summed E-state index contributed by atoms with van der Waals surface area (Å²) in [6, 6.07) is 3.96. The van der Waals surface area contributed by atoms with Gasteiger partial charge in [-0.2, -0.15) is 11.8 Å². The first kappa shape index (κ1) is 15.5. The molecular weight excluding hydrogens is 296 g/mol. The maximum Gasteiger partial charge on any atom is 0.218 e. The van der Waals surface area contributed by atoms with Gasteiger partial charge in [0.05, 0.1) is 6.54 Å². The number of thioether (sulfide) groups is 1. The van der Waals surface area contributed by atoms with Gasteiger partial charge in [0.1, 0.15) is 6.10 Å². The van der Waals surface area contributed by atoms with Crippen LogP contribution in [0.3, 0.4) is 0 Å². The molecule has 0 unspecified atom stereocenters. The van der Waals surface area contributed by atoms with Crippen molar-refractivity contribution in [3.8, 4) is 5.88 Å². The standard InChI is InChI=1S/C16H24N4OS/c17-16(20-8-10-22-11-9-20)19-12-13-4-3-7-18-15(13)21-14-5-1-2-6-14/h3-4,7,14H,1-2,5-6,8-12H2,(H2,17,19). The number of rotatable bonds is 4. The van der Waals surface area contributed by atoms with Crippen LogP contribution in [0.15, 0.2) is 23.3 Å². The second-order valence-electron chi connectivity index (χ2n) is 5.77. The van der Waals surface area contributed by atoms with E-state index in [9.17, 15) is 0 Å². The van der Waals surface area contributed by atoms with Crippen molar-refractivity contribution in [3.63, 3.8) is 0 Å². The van der Waals surface area contributed by atoms with Crippen LogP contribution in [-0.4, -0.2) is 46.5 Å². The fourth-order valence-electron chi connectivity index (χ4n) is 2.87. The number of hydrogen-bond donors (Lipinski definition) is 1. The van der Waals surface area contributed by atoms with Crippen LogP contribution in [0.2, 0.25) is 0 Å². The number of ether oxygens (including phenoxy) is 1. The van der Waals surface area contributed by atoms with Crippen molar-refractivity contribution in [2.24, 2.45) is 10.7 Å². The summed E-state index contributed by atoms with van der Waals surface area (Å²) in [5.41, 5.74) is 7.13. The molecule has 0 spiro atoms. The molecule has 120 valence electrons. The van der Waals surface area contributed by atoms with E-state index in [-0.39, 0.29) is 0 Å². The highest BCUT2D eigenvalue weighted by Gasteiger charge is 2.18. The van der Waals surface area contributed by atoms with E-state index in [1.54, 1.807) is 6.20 Å². The zero-order valence-electron chi connectivity index (χ0n) is 12.9. The first-order valence-corrected chi connectivity index (χ1v) is 9.21. The van der Waals surface area contributed by atoms with Crippen LogP contribution in [0.5, 0.6) is 5.88 Å². The Morgan fingerprint density at radius 1 is 1.36 bits per heavy atom. The largest absolute Gasteiger partial charge is 0.474 e. The highest BCUT2D eigenvalue weighted by Crippen LogP contribution is 2.25. The van der Waals surface area contributed by atoms with Crippen molar-refractivity contribution in [2.75, 3.05) is 24.6 Å². The summed E-state index contributed by atoms with van der Waals surface area (Å²) in [4.78, 5) is 11.1. The van der Waals surface area contributed by atoms with Gasteiger partial charge in [-0.3, -0.25) is 0 Å². The molecule has 0 bridgehead atoms. The van der Waals surface area contributed by atoms with Gasteiger partial charge >= 0.3 is 0 Å². The normalized spacial score (nSPS) is 20.4. The van der Waals surface area contributed by atoms with E-state index in [1.807, 2.05) is 23.9 Å². The van der Waals surface area contributed by atoms with Crippen LogP contribution >= 0.6 is 11.8 Å². The topological polar surface area (TPSA) is 63.7 Å². The molecule has 6 heteroatoms. The van der Waals surface area contributed by atoms with E-state index < -0.39 is 0 Å². The molecule has 0 radical (unpaired) electrons. The summed E-state index contributed by atoms with van der Waals surface area (Å²) in [5.74, 6) is 3.61. The Balaban J connectivity index is 1.63. The average Bonchev–Trinajstić information content (AvgIpc) is 3.07. The molecule has 2 fully saturated rings. The minimum Gasteiger partial charge on any atom is -0.474 e. The number of aromatic nitrogens is 1. The van der Waals surface area contributed by atoms with Crippen molar-refractivity contribution in [1.29, 1.82) is 0 Å². The maximum atomic E-state index is 6.12. The number of guanidine groups is 1. The fraction of sp³-hybridized carbons (Fsp3) is 0.625. The summed E-state index contributed by atoms with van der Waals surface area (Å²) in [6.45, 7) is 2.50. The molecule has 3 rings (SSSR count). The monoisotopic (exact) mass is 320 g/mol. The second kappa shape index (κ2) is 7.72. The zero-order valence-corrected chi connectivity index (χ0v) is 13.7. The smallest absolute Gasteiger partial charge is 0.218 e. The third-order valence-electron chi connectivity index (χ3n) is 4.18. The quantitative estimate of drug-likeness (QED) is 0.681. The summed E-state index contributed by atoms with van der Waals surface area (Å²) in [6.07, 6.45) is 6.87. The van der Waals surface area contributed by atoms with E-state index in [2.05, 4.69) is 14.9 Å². The molecule has 2 aliphatic rings. The number of pyridine rings is 1. The Hall–Kier alpha value is -1.43. The number of nitrogens with zero attached hydrogens (tertiary/aromatic N) is 3. The van der Waals surface area contributed by atoms with Crippen LogP contribution in [0.4, 0.5) is 0 Å². The first-order chi connectivity index (χ1) is 10.8. The Morgan fingerprint density at radius 3 is 2.91 bits per heavy atom. The maximum absolute atomic E-state index is 6.12. The van der Waals surface area contributed by atoms with Crippen molar-refractivity contribution < 1.29 is 4.74 Å². The van der Waals surface area contributed by atoms with Gasteiger partial charge in [-0.1, -0.05) is 6.07 Å². The van der Waals surface area contributed by atoms with E-state index >= 15 is 0 Å². The molecule has 0 aromatic carbocycles. The molecule has 1 aliphatic heterocycles. The highest BCUT2D eigenvalue weighted by atomic mass is 32.2. The predicted octanol–water partition coefficient (Wildman–Crippen LogP) is 2.27. The summed E-state index contributed by atoms with van der Waals surface area (Å²) >= 11 is 1.97. The SMILES string of the molecule is NC(=NCc1cccnc1OC1CCCC1)N1CCSCC1. The van der Waals surface area contributed by atoms with Crippen molar-refractivity contribution in [1.82, 2.24) is 9.88 Å². The molecule has 0 atom stereocenters. The minimum absolute atomic E-state index is 0.314. The van der Waals surface area contributed by atoms with Crippen molar-refractivity contribution in [2.45, 2.75) is 38.3 Å². The fourth-order valence-corrected chi connectivity index (χ4v) is 3.78. The van der Waals surface area contributed by atoms with Gasteiger partial charge in [0.2, 0.25) is 5.88 Å². The van der Waals surface area contributed by atoms with Crippen molar-refractivity contribution >= 4 is 17.7 Å². The molecule has 1 aromatic rings. The van der Waals surface area contributed by atoms with E-state index in [1.165, 1.54) is 12.8 Å². The van der Waals surface area contributed by atoms with Crippen LogP contribution < -0.4 is 10.5 Å². The minimum atomic E-state index is 0.314. The van der Waals surface area contributed by atoms with Crippen LogP contribution in [0, 0.1) is 0 Å². The Bertz CT molecular complexity index is 511. The van der Waals surface area contributed by atoms with Crippen LogP contribution in [-0.2, 0) is 6.54 Å². The molecule has 1 aliphatic carbocycles. The second-order valence-corrected chi connectivity index (χ2v) is 6.99. The molecule has 1 saturated heterocycles. The molecule has 1 saturated carbocycles. The lowest BCUT2D eigenvalue weighted by Crippen LogP contribution is -2.42. The summed E-state index contributed by atoms with van der Waals surface area (Å²) in [7, 11) is 0. The number of aliphatic imine (C=N–C) groups is 1. The van der Waals surface area contributed by atoms with Gasteiger partial charge in [-0.25, -0.2) is 9.98 Å². The lowest BCUT2D eigenvalue weighted by molar-refractivity contribution is 0.199. The zero-order chi connectivity index (χ0) is 15.2. The lowest BCUT2D eigenvalue weighted by Gasteiger charge is -2.27. The lowest BCUT2D eigenvalue weighted by atomic mass is 10.2. The number of hydrogen-bond acceptors (Lipinski definition) is 4. The van der Waals surface area contributed by atoms with Gasteiger partial charge in [0.15, 0.2) is 5.96 Å². The summed E-state index contributed by atoms with van der Waals surface area (Å²) in [5, 5.41) is 0. The third-order valence-corrected chi connectivity index (χ3v) is 5.12. The average molecular weight is 320 g/mol. The molecule has 22 heavy (non-hydrogen) atoms. The van der Waals surface area contributed by atoms with Gasteiger partial charge in [0.25, 0.3) is 0 Å². The molecule has 2 heterocycles. The number of nitrogens with two attached hydrogens (primary N) is 1. The van der Waals surface area contributed by atoms with Gasteiger partial charge in [0, 0.05) is 36.4 Å². The summed E-state index contributed by atoms with van der Waals surface area (Å²) < 4.78 is 6.05. The Kier molecular flexibility index (Phi) is 5.43. The molecule has 1 aromatic heterocycles. The van der Waals surface area contributed by atoms with Gasteiger partial charge < -0.3 is 15.4 Å². The van der Waals surface area contributed by atoms with Crippen LogP contribution in [0.1, 0.15) is 31.2 Å². The van der Waals surface area contributed by atoms with E-state index in [4.69, 9.17) is 10.5 Å². The first-order valence-electron chi connectivity index (χ1n) is 8.06. The molecule has 5 nitrogen and oxygen atoms in total. The molecule has 2 N–H and O–H groups in total. The molecule has 0 amide bonds. The van der Waals surface area contributed by atoms with E-state index in [0.29, 0.717) is 18.6 Å². The predicted molar refractivity (Wildman–Crippen MR) is 91.3 cm³/mol.